The van der Waals surface area contributed by atoms with Crippen LogP contribution in [-0.4, -0.2) is 37.4 Å². The smallest absolute Gasteiger partial charge is 0.313 e. The molecule has 3 aromatic carbocycles. The Morgan fingerprint density at radius 2 is 1.68 bits per heavy atom. The van der Waals surface area contributed by atoms with Gasteiger partial charge in [0, 0.05) is 22.8 Å². The highest BCUT2D eigenvalue weighted by molar-refractivity contribution is 5.97. The number of aliphatic carboxylic acids is 1. The molecule has 1 unspecified atom stereocenters. The standard InChI is InChI=1S/C32H27N5O4/c1-32(2,31(39)40)22-14-12-19(13-15-22)27-24(16-17-26-35-37-30(41-26)20-8-4-3-5-9-20)34-36-28(27)25-18-21-10-6-7-11-23(21)29(38)33-25/h3-17,25H,18H2,1-2H3,(H,33,38)(H,34,36)(H,39,40)/b17-16+. The maximum Gasteiger partial charge on any atom is 0.313 e. The average molecular weight is 546 g/mol. The number of carbonyl (C=O) groups is 2. The zero-order valence-corrected chi connectivity index (χ0v) is 22.5. The molecule has 1 amide bonds. The molecule has 3 heterocycles. The van der Waals surface area contributed by atoms with E-state index in [0.29, 0.717) is 35.0 Å². The molecule has 204 valence electrons. The minimum Gasteiger partial charge on any atom is -0.481 e. The molecule has 0 bridgehead atoms. The number of carboxylic acid groups (broad SMARTS) is 1. The van der Waals surface area contributed by atoms with Gasteiger partial charge in [-0.05, 0) is 61.2 Å². The van der Waals surface area contributed by atoms with Gasteiger partial charge >= 0.3 is 5.97 Å². The first-order valence-electron chi connectivity index (χ1n) is 13.2. The van der Waals surface area contributed by atoms with Crippen molar-refractivity contribution in [3.8, 4) is 22.6 Å². The Morgan fingerprint density at radius 3 is 2.44 bits per heavy atom. The van der Waals surface area contributed by atoms with Crippen molar-refractivity contribution >= 4 is 24.0 Å². The zero-order chi connectivity index (χ0) is 28.6. The van der Waals surface area contributed by atoms with Crippen LogP contribution in [-0.2, 0) is 16.6 Å². The van der Waals surface area contributed by atoms with Crippen LogP contribution >= 0.6 is 0 Å². The Balaban J connectivity index is 1.39. The molecule has 1 atom stereocenters. The van der Waals surface area contributed by atoms with E-state index in [2.05, 4.69) is 25.7 Å². The van der Waals surface area contributed by atoms with Gasteiger partial charge in [0.25, 0.3) is 5.91 Å². The first kappa shape index (κ1) is 25.9. The third-order valence-electron chi connectivity index (χ3n) is 7.44. The van der Waals surface area contributed by atoms with Gasteiger partial charge in [0.15, 0.2) is 0 Å². The normalized spacial score (nSPS) is 15.1. The Morgan fingerprint density at radius 1 is 0.951 bits per heavy atom. The molecule has 0 saturated carbocycles. The van der Waals surface area contributed by atoms with E-state index in [4.69, 9.17) is 4.42 Å². The topological polar surface area (TPSA) is 134 Å². The van der Waals surface area contributed by atoms with Crippen LogP contribution in [0.5, 0.6) is 0 Å². The highest BCUT2D eigenvalue weighted by atomic mass is 16.4. The molecule has 0 saturated heterocycles. The maximum absolute atomic E-state index is 12.9. The van der Waals surface area contributed by atoms with Crippen molar-refractivity contribution in [2.45, 2.75) is 31.7 Å². The summed E-state index contributed by atoms with van der Waals surface area (Å²) in [4.78, 5) is 24.7. The number of aromatic amines is 1. The molecule has 9 nitrogen and oxygen atoms in total. The van der Waals surface area contributed by atoms with E-state index in [0.717, 1.165) is 27.9 Å². The Hall–Kier alpha value is -5.31. The van der Waals surface area contributed by atoms with Crippen molar-refractivity contribution in [2.24, 2.45) is 0 Å². The molecule has 3 N–H and O–H groups in total. The van der Waals surface area contributed by atoms with E-state index >= 15 is 0 Å². The maximum atomic E-state index is 12.9. The second-order valence-corrected chi connectivity index (χ2v) is 10.4. The van der Waals surface area contributed by atoms with Gasteiger partial charge in [-0.2, -0.15) is 5.10 Å². The molecule has 1 aliphatic rings. The minimum absolute atomic E-state index is 0.146. The van der Waals surface area contributed by atoms with Crippen LogP contribution in [0.15, 0.2) is 83.3 Å². The van der Waals surface area contributed by atoms with Crippen molar-refractivity contribution in [3.05, 3.63) is 113 Å². The first-order valence-corrected chi connectivity index (χ1v) is 13.2. The lowest BCUT2D eigenvalue weighted by molar-refractivity contribution is -0.142. The summed E-state index contributed by atoms with van der Waals surface area (Å²) in [6.45, 7) is 3.34. The number of rotatable bonds is 7. The van der Waals surface area contributed by atoms with E-state index in [1.165, 1.54) is 0 Å². The first-order chi connectivity index (χ1) is 19.8. The van der Waals surface area contributed by atoms with Gasteiger partial charge in [0.2, 0.25) is 11.8 Å². The summed E-state index contributed by atoms with van der Waals surface area (Å²) in [5.74, 6) is -0.325. The summed E-state index contributed by atoms with van der Waals surface area (Å²) in [5.41, 5.74) is 5.03. The van der Waals surface area contributed by atoms with Gasteiger partial charge in [-0.1, -0.05) is 60.7 Å². The number of benzene rings is 3. The molecule has 6 rings (SSSR count). The fourth-order valence-electron chi connectivity index (χ4n) is 4.97. The van der Waals surface area contributed by atoms with Gasteiger partial charge in [-0.3, -0.25) is 14.7 Å². The van der Waals surface area contributed by atoms with E-state index < -0.39 is 11.4 Å². The van der Waals surface area contributed by atoms with Gasteiger partial charge < -0.3 is 14.8 Å². The van der Waals surface area contributed by atoms with E-state index in [9.17, 15) is 14.7 Å². The lowest BCUT2D eigenvalue weighted by Crippen LogP contribution is -2.35. The molecular formula is C32H27N5O4. The summed E-state index contributed by atoms with van der Waals surface area (Å²) in [6, 6.07) is 24.1. The van der Waals surface area contributed by atoms with Crippen molar-refractivity contribution in [2.75, 3.05) is 0 Å². The molecule has 9 heteroatoms. The van der Waals surface area contributed by atoms with Crippen LogP contribution in [0.2, 0.25) is 0 Å². The van der Waals surface area contributed by atoms with Crippen LogP contribution in [0.3, 0.4) is 0 Å². The highest BCUT2D eigenvalue weighted by Crippen LogP contribution is 2.36. The molecule has 0 aliphatic carbocycles. The number of hydrogen-bond acceptors (Lipinski definition) is 6. The van der Waals surface area contributed by atoms with Crippen molar-refractivity contribution in [1.82, 2.24) is 25.7 Å². The van der Waals surface area contributed by atoms with E-state index in [-0.39, 0.29) is 11.9 Å². The molecule has 0 spiro atoms. The van der Waals surface area contributed by atoms with Crippen molar-refractivity contribution in [1.29, 1.82) is 0 Å². The predicted molar refractivity (Wildman–Crippen MR) is 154 cm³/mol. The van der Waals surface area contributed by atoms with E-state index in [1.54, 1.807) is 26.0 Å². The molecule has 5 aromatic rings. The fourth-order valence-corrected chi connectivity index (χ4v) is 4.97. The average Bonchev–Trinajstić information content (AvgIpc) is 3.64. The number of nitrogens with zero attached hydrogens (tertiary/aromatic N) is 3. The zero-order valence-electron chi connectivity index (χ0n) is 22.5. The summed E-state index contributed by atoms with van der Waals surface area (Å²) in [5, 5.41) is 28.8. The number of aromatic nitrogens is 4. The molecule has 41 heavy (non-hydrogen) atoms. The third-order valence-corrected chi connectivity index (χ3v) is 7.44. The number of H-pyrrole nitrogens is 1. The van der Waals surface area contributed by atoms with Crippen LogP contribution in [0.1, 0.15) is 58.7 Å². The van der Waals surface area contributed by atoms with Crippen LogP contribution in [0.25, 0.3) is 34.7 Å². The van der Waals surface area contributed by atoms with Gasteiger partial charge in [-0.15, -0.1) is 10.2 Å². The number of carbonyl (C=O) groups excluding carboxylic acids is 1. The van der Waals surface area contributed by atoms with Crippen molar-refractivity contribution < 1.29 is 19.1 Å². The van der Waals surface area contributed by atoms with Crippen LogP contribution in [0, 0.1) is 0 Å². The molecule has 2 aromatic heterocycles. The summed E-state index contributed by atoms with van der Waals surface area (Å²) >= 11 is 0. The third kappa shape index (κ3) is 4.93. The molecular weight excluding hydrogens is 518 g/mol. The number of hydrogen-bond donors (Lipinski definition) is 3. The van der Waals surface area contributed by atoms with Gasteiger partial charge in [-0.25, -0.2) is 0 Å². The molecule has 0 fully saturated rings. The summed E-state index contributed by atoms with van der Waals surface area (Å²) in [6.07, 6.45) is 4.07. The fraction of sp³-hybridized carbons (Fsp3) is 0.156. The van der Waals surface area contributed by atoms with E-state index in [1.807, 2.05) is 78.9 Å². The quantitative estimate of drug-likeness (QED) is 0.239. The lowest BCUT2D eigenvalue weighted by atomic mass is 9.83. The second-order valence-electron chi connectivity index (χ2n) is 10.4. The molecule has 0 radical (unpaired) electrons. The Labute approximate surface area is 236 Å². The largest absolute Gasteiger partial charge is 0.481 e. The summed E-state index contributed by atoms with van der Waals surface area (Å²) in [7, 11) is 0. The van der Waals surface area contributed by atoms with Crippen molar-refractivity contribution in [3.63, 3.8) is 0 Å². The van der Waals surface area contributed by atoms with Gasteiger partial charge in [0.05, 0.1) is 22.8 Å². The molecule has 1 aliphatic heterocycles. The Kier molecular flexibility index (Phi) is 6.55. The highest BCUT2D eigenvalue weighted by Gasteiger charge is 2.31. The predicted octanol–water partition coefficient (Wildman–Crippen LogP) is 5.69. The second kappa shape index (κ2) is 10.3. The number of nitrogens with one attached hydrogen (secondary N) is 2. The van der Waals surface area contributed by atoms with Crippen LogP contribution < -0.4 is 5.32 Å². The van der Waals surface area contributed by atoms with Gasteiger partial charge in [0.1, 0.15) is 0 Å². The summed E-state index contributed by atoms with van der Waals surface area (Å²) < 4.78 is 5.83. The van der Waals surface area contributed by atoms with Crippen LogP contribution in [0.4, 0.5) is 0 Å². The Bertz CT molecular complexity index is 1770. The monoisotopic (exact) mass is 545 g/mol. The number of amides is 1. The lowest BCUT2D eigenvalue weighted by Gasteiger charge is -2.26. The SMILES string of the molecule is CC(C)(C(=O)O)c1ccc(-c2c(/C=C/c3nnc(-c4ccccc4)o3)n[nH]c2C2Cc3ccccc3C(=O)N2)cc1. The minimum atomic E-state index is -1.05. The number of carboxylic acids is 1. The number of fused-ring (bicyclic) bond motifs is 1.